The number of nitrogens with zero attached hydrogens (tertiary/aromatic N) is 2. The van der Waals surface area contributed by atoms with Crippen LogP contribution in [0.15, 0.2) is 42.6 Å². The fraction of sp³-hybridized carbons (Fsp3) is 0.333. The summed E-state index contributed by atoms with van der Waals surface area (Å²) in [6, 6.07) is 11.2. The van der Waals surface area contributed by atoms with Gasteiger partial charge < -0.3 is 15.3 Å². The van der Waals surface area contributed by atoms with Crippen molar-refractivity contribution in [3.05, 3.63) is 59.3 Å². The molecule has 2 N–H and O–H groups in total. The van der Waals surface area contributed by atoms with Crippen LogP contribution in [0, 0.1) is 6.92 Å². The molecule has 0 saturated carbocycles. The maximum Gasteiger partial charge on any atom is 0.254 e. The van der Waals surface area contributed by atoms with Gasteiger partial charge in [-0.2, -0.15) is 0 Å². The number of hydrogen-bond donors (Lipinski definition) is 2. The van der Waals surface area contributed by atoms with Crippen molar-refractivity contribution in [1.29, 1.82) is 0 Å². The summed E-state index contributed by atoms with van der Waals surface area (Å²) in [6.07, 6.45) is 2.16. The summed E-state index contributed by atoms with van der Waals surface area (Å²) in [6.45, 7) is 2.84. The topological polar surface area (TPSA) is 65.5 Å². The molecule has 0 aliphatic carbocycles. The van der Waals surface area contributed by atoms with E-state index in [1.54, 1.807) is 30.3 Å². The zero-order valence-electron chi connectivity index (χ0n) is 13.4. The van der Waals surface area contributed by atoms with Crippen molar-refractivity contribution in [2.24, 2.45) is 0 Å². The number of carbonyl (C=O) groups is 1. The molecule has 2 heterocycles. The smallest absolute Gasteiger partial charge is 0.254 e. The lowest BCUT2D eigenvalue weighted by Gasteiger charge is -2.25. The first-order chi connectivity index (χ1) is 11.0. The first kappa shape index (κ1) is 15.5. The number of aromatic nitrogens is 1. The monoisotopic (exact) mass is 311 g/mol. The van der Waals surface area contributed by atoms with Gasteiger partial charge in [0, 0.05) is 25.4 Å². The summed E-state index contributed by atoms with van der Waals surface area (Å²) in [5, 5.41) is 13.9. The van der Waals surface area contributed by atoms with E-state index in [4.69, 9.17) is 0 Å². The van der Waals surface area contributed by atoms with Gasteiger partial charge in [-0.3, -0.25) is 4.79 Å². The molecule has 0 radical (unpaired) electrons. The van der Waals surface area contributed by atoms with Gasteiger partial charge in [-0.15, -0.1) is 0 Å². The fourth-order valence-corrected chi connectivity index (χ4v) is 3.16. The van der Waals surface area contributed by atoms with Crippen LogP contribution in [0.25, 0.3) is 0 Å². The van der Waals surface area contributed by atoms with Crippen molar-refractivity contribution in [2.45, 2.75) is 18.9 Å². The third-order valence-corrected chi connectivity index (χ3v) is 4.44. The highest BCUT2D eigenvalue weighted by Gasteiger charge is 2.40. The minimum Gasteiger partial charge on any atom is -0.383 e. The molecule has 1 aromatic carbocycles. The average Bonchev–Trinajstić information content (AvgIpc) is 2.98. The lowest BCUT2D eigenvalue weighted by Crippen LogP contribution is -2.34. The third kappa shape index (κ3) is 2.92. The number of pyridine rings is 1. The number of aryl methyl sites for hydroxylation is 1. The van der Waals surface area contributed by atoms with E-state index in [0.717, 1.165) is 11.1 Å². The van der Waals surface area contributed by atoms with Gasteiger partial charge >= 0.3 is 0 Å². The predicted molar refractivity (Wildman–Crippen MR) is 89.4 cm³/mol. The number of β-amino-alcohol motifs (C(OH)–C–C–N with tert-alkyl or cyclic N) is 1. The number of benzene rings is 1. The zero-order chi connectivity index (χ0) is 16.4. The van der Waals surface area contributed by atoms with E-state index >= 15 is 0 Å². The van der Waals surface area contributed by atoms with Crippen LogP contribution in [0.1, 0.15) is 27.9 Å². The van der Waals surface area contributed by atoms with Crippen LogP contribution < -0.4 is 5.32 Å². The Balaban J connectivity index is 1.81. The molecule has 1 aromatic heterocycles. The highest BCUT2D eigenvalue weighted by Crippen LogP contribution is 2.34. The highest BCUT2D eigenvalue weighted by atomic mass is 16.3. The molecule has 120 valence electrons. The number of amides is 1. The van der Waals surface area contributed by atoms with Crippen LogP contribution in [0.3, 0.4) is 0 Å². The number of nitrogens with one attached hydrogen (secondary N) is 1. The number of anilines is 1. The Morgan fingerprint density at radius 1 is 1.35 bits per heavy atom. The number of hydrogen-bond acceptors (Lipinski definition) is 4. The van der Waals surface area contributed by atoms with Gasteiger partial charge in [-0.25, -0.2) is 4.98 Å². The molecule has 1 atom stereocenters. The maximum atomic E-state index is 12.7. The molecule has 1 aliphatic heterocycles. The molecule has 0 unspecified atom stereocenters. The van der Waals surface area contributed by atoms with E-state index in [1.165, 1.54) is 0 Å². The van der Waals surface area contributed by atoms with Gasteiger partial charge in [0.15, 0.2) is 0 Å². The molecule has 23 heavy (non-hydrogen) atoms. The first-order valence-electron chi connectivity index (χ1n) is 7.75. The molecule has 0 spiro atoms. The molecule has 5 nitrogen and oxygen atoms in total. The normalized spacial score (nSPS) is 20.6. The quantitative estimate of drug-likeness (QED) is 0.912. The van der Waals surface area contributed by atoms with E-state index in [1.807, 2.05) is 31.2 Å². The maximum absolute atomic E-state index is 12.7. The summed E-state index contributed by atoms with van der Waals surface area (Å²) in [5.41, 5.74) is 1.56. The van der Waals surface area contributed by atoms with Crippen LogP contribution in [0.5, 0.6) is 0 Å². The van der Waals surface area contributed by atoms with Gasteiger partial charge in [0.2, 0.25) is 0 Å². The van der Waals surface area contributed by atoms with E-state index in [2.05, 4.69) is 10.3 Å². The predicted octanol–water partition coefficient (Wildman–Crippen LogP) is 2.17. The van der Waals surface area contributed by atoms with E-state index < -0.39 is 5.60 Å². The Kier molecular flexibility index (Phi) is 4.05. The summed E-state index contributed by atoms with van der Waals surface area (Å²) >= 11 is 0. The van der Waals surface area contributed by atoms with Gasteiger partial charge in [-0.05, 0) is 36.6 Å². The molecule has 5 heteroatoms. The second kappa shape index (κ2) is 6.01. The molecule has 1 fully saturated rings. The summed E-state index contributed by atoms with van der Waals surface area (Å²) in [7, 11) is 1.77. The van der Waals surface area contributed by atoms with Crippen molar-refractivity contribution in [1.82, 2.24) is 9.88 Å². The van der Waals surface area contributed by atoms with Gasteiger partial charge in [0.25, 0.3) is 5.91 Å². The third-order valence-electron chi connectivity index (χ3n) is 4.44. The second-order valence-electron chi connectivity index (χ2n) is 6.00. The molecule has 1 saturated heterocycles. The molecule has 3 rings (SSSR count). The lowest BCUT2D eigenvalue weighted by atomic mass is 9.89. The van der Waals surface area contributed by atoms with Gasteiger partial charge in [0.1, 0.15) is 11.4 Å². The Bertz CT molecular complexity index is 732. The molecule has 2 aromatic rings. The molecular weight excluding hydrogens is 290 g/mol. The largest absolute Gasteiger partial charge is 0.383 e. The number of aliphatic hydroxyl groups is 1. The minimum absolute atomic E-state index is 0.0755. The first-order valence-corrected chi connectivity index (χ1v) is 7.75. The summed E-state index contributed by atoms with van der Waals surface area (Å²) in [5.74, 6) is 0.581. The molecule has 1 aliphatic rings. The number of carbonyl (C=O) groups excluding carboxylic acids is 1. The number of rotatable bonds is 3. The van der Waals surface area contributed by atoms with Crippen LogP contribution in [-0.4, -0.2) is 41.0 Å². The van der Waals surface area contributed by atoms with Crippen LogP contribution in [0.2, 0.25) is 0 Å². The zero-order valence-corrected chi connectivity index (χ0v) is 13.4. The fourth-order valence-electron chi connectivity index (χ4n) is 3.16. The van der Waals surface area contributed by atoms with Crippen LogP contribution in [0.4, 0.5) is 5.82 Å². The lowest BCUT2D eigenvalue weighted by molar-refractivity contribution is 0.0412. The van der Waals surface area contributed by atoms with E-state index in [9.17, 15) is 9.90 Å². The van der Waals surface area contributed by atoms with Crippen molar-refractivity contribution in [2.75, 3.05) is 25.5 Å². The summed E-state index contributed by atoms with van der Waals surface area (Å²) < 4.78 is 0. The highest BCUT2D eigenvalue weighted by molar-refractivity contribution is 5.95. The van der Waals surface area contributed by atoms with Gasteiger partial charge in [-0.1, -0.05) is 24.3 Å². The van der Waals surface area contributed by atoms with Crippen molar-refractivity contribution >= 4 is 11.7 Å². The second-order valence-corrected chi connectivity index (χ2v) is 6.00. The Morgan fingerprint density at radius 2 is 2.13 bits per heavy atom. The average molecular weight is 311 g/mol. The summed E-state index contributed by atoms with van der Waals surface area (Å²) in [4.78, 5) is 18.5. The van der Waals surface area contributed by atoms with Crippen LogP contribution >= 0.6 is 0 Å². The Morgan fingerprint density at radius 3 is 2.87 bits per heavy atom. The van der Waals surface area contributed by atoms with Crippen molar-refractivity contribution < 1.29 is 9.90 Å². The van der Waals surface area contributed by atoms with Crippen molar-refractivity contribution in [3.8, 4) is 0 Å². The minimum atomic E-state index is -0.972. The van der Waals surface area contributed by atoms with Crippen molar-refractivity contribution in [3.63, 3.8) is 0 Å². The molecule has 0 bridgehead atoms. The SMILES string of the molecule is CNc1cc(C(=O)N2CC[C@@](O)(c3ccccc3C)C2)ccn1. The van der Waals surface area contributed by atoms with E-state index in [-0.39, 0.29) is 5.91 Å². The van der Waals surface area contributed by atoms with Gasteiger partial charge in [0.05, 0.1) is 6.54 Å². The Labute approximate surface area is 136 Å². The number of likely N-dealkylation sites (tertiary alicyclic amines) is 1. The standard InChI is InChI=1S/C18H21N3O2/c1-13-5-3-4-6-15(13)18(23)8-10-21(12-18)17(22)14-7-9-20-16(11-14)19-2/h3-7,9,11,23H,8,10,12H2,1-2H3,(H,19,20)/t18-/m0/s1. The Hall–Kier alpha value is -2.40. The molecule has 1 amide bonds. The van der Waals surface area contributed by atoms with Crippen LogP contribution in [-0.2, 0) is 5.60 Å². The molecular formula is C18H21N3O2. The van der Waals surface area contributed by atoms with E-state index in [0.29, 0.717) is 30.9 Å².